The van der Waals surface area contributed by atoms with Crippen molar-refractivity contribution in [3.8, 4) is 0 Å². The van der Waals surface area contributed by atoms with Crippen LogP contribution >= 0.6 is 0 Å². The number of hydrogen-bond acceptors (Lipinski definition) is 4. The highest BCUT2D eigenvalue weighted by atomic mass is 32.2. The Balaban J connectivity index is 1.54. The highest BCUT2D eigenvalue weighted by Crippen LogP contribution is 2.18. The molecule has 6 nitrogen and oxygen atoms in total. The number of amides is 1. The Bertz CT molecular complexity index is 905. The number of carbonyl (C=O) groups is 1. The molecule has 1 aliphatic heterocycles. The Kier molecular flexibility index (Phi) is 5.94. The Morgan fingerprint density at radius 1 is 1.00 bits per heavy atom. The van der Waals surface area contributed by atoms with Crippen molar-refractivity contribution >= 4 is 21.6 Å². The third-order valence-corrected chi connectivity index (χ3v) is 6.65. The molecule has 27 heavy (non-hydrogen) atoms. The van der Waals surface area contributed by atoms with Crippen molar-refractivity contribution in [2.75, 3.05) is 38.0 Å². The summed E-state index contributed by atoms with van der Waals surface area (Å²) in [5.41, 5.74) is 3.00. The Morgan fingerprint density at radius 2 is 1.67 bits per heavy atom. The Hall–Kier alpha value is -2.22. The summed E-state index contributed by atoms with van der Waals surface area (Å²) in [4.78, 5) is 14.6. The molecule has 1 N–H and O–H groups in total. The minimum atomic E-state index is -3.47. The van der Waals surface area contributed by atoms with Crippen LogP contribution < -0.4 is 5.32 Å². The number of aryl methyl sites for hydroxylation is 2. The standard InChI is InChI=1S/C20H25N3O3S/c1-16-8-9-19(17(2)14-16)21-20(24)15-22-10-12-23(13-11-22)27(25,26)18-6-4-3-5-7-18/h3-9,14H,10-13,15H2,1-2H3,(H,21,24). The van der Waals surface area contributed by atoms with Crippen molar-refractivity contribution in [3.63, 3.8) is 0 Å². The molecule has 0 spiro atoms. The van der Waals surface area contributed by atoms with Crippen molar-refractivity contribution in [1.82, 2.24) is 9.21 Å². The number of nitrogens with one attached hydrogen (secondary N) is 1. The summed E-state index contributed by atoms with van der Waals surface area (Å²) < 4.78 is 26.8. The van der Waals surface area contributed by atoms with Crippen LogP contribution in [0.4, 0.5) is 5.69 Å². The third-order valence-electron chi connectivity index (χ3n) is 4.74. The van der Waals surface area contributed by atoms with Gasteiger partial charge in [0.2, 0.25) is 15.9 Å². The number of benzene rings is 2. The first-order valence-electron chi connectivity index (χ1n) is 9.01. The topological polar surface area (TPSA) is 69.7 Å². The number of rotatable bonds is 5. The van der Waals surface area contributed by atoms with Gasteiger partial charge in [-0.05, 0) is 37.6 Å². The monoisotopic (exact) mass is 387 g/mol. The molecule has 1 fully saturated rings. The molecule has 2 aromatic carbocycles. The van der Waals surface area contributed by atoms with E-state index < -0.39 is 10.0 Å². The summed E-state index contributed by atoms with van der Waals surface area (Å²) >= 11 is 0. The van der Waals surface area contributed by atoms with E-state index in [0.717, 1.165) is 16.8 Å². The quantitative estimate of drug-likeness (QED) is 0.854. The van der Waals surface area contributed by atoms with Gasteiger partial charge in [-0.2, -0.15) is 4.31 Å². The molecule has 0 atom stereocenters. The van der Waals surface area contributed by atoms with E-state index in [1.165, 1.54) is 4.31 Å². The van der Waals surface area contributed by atoms with Crippen LogP contribution in [0.5, 0.6) is 0 Å². The van der Waals surface area contributed by atoms with Gasteiger partial charge in [0.05, 0.1) is 11.4 Å². The van der Waals surface area contributed by atoms with Crippen molar-refractivity contribution < 1.29 is 13.2 Å². The molecule has 0 radical (unpaired) electrons. The number of hydrogen-bond donors (Lipinski definition) is 1. The molecular weight excluding hydrogens is 362 g/mol. The van der Waals surface area contributed by atoms with Crippen LogP contribution in [0, 0.1) is 13.8 Å². The summed E-state index contributed by atoms with van der Waals surface area (Å²) in [6.07, 6.45) is 0. The fraction of sp³-hybridized carbons (Fsp3) is 0.350. The number of anilines is 1. The molecule has 3 rings (SSSR count). The zero-order valence-electron chi connectivity index (χ0n) is 15.7. The van der Waals surface area contributed by atoms with Crippen molar-refractivity contribution in [3.05, 3.63) is 59.7 Å². The van der Waals surface area contributed by atoms with E-state index in [0.29, 0.717) is 31.1 Å². The zero-order valence-corrected chi connectivity index (χ0v) is 16.5. The van der Waals surface area contributed by atoms with E-state index in [9.17, 15) is 13.2 Å². The summed E-state index contributed by atoms with van der Waals surface area (Å²) in [5, 5.41) is 2.94. The van der Waals surface area contributed by atoms with Gasteiger partial charge in [-0.3, -0.25) is 9.69 Å². The number of piperazine rings is 1. The van der Waals surface area contributed by atoms with Crippen LogP contribution in [-0.2, 0) is 14.8 Å². The van der Waals surface area contributed by atoms with Crippen molar-refractivity contribution in [2.24, 2.45) is 0 Å². The second-order valence-electron chi connectivity index (χ2n) is 6.86. The minimum Gasteiger partial charge on any atom is -0.325 e. The zero-order chi connectivity index (χ0) is 19.4. The molecule has 1 aliphatic rings. The van der Waals surface area contributed by atoms with E-state index >= 15 is 0 Å². The van der Waals surface area contributed by atoms with Gasteiger partial charge in [0.25, 0.3) is 0 Å². The van der Waals surface area contributed by atoms with E-state index in [1.54, 1.807) is 30.3 Å². The third kappa shape index (κ3) is 4.74. The van der Waals surface area contributed by atoms with Gasteiger partial charge in [0.1, 0.15) is 0 Å². The predicted octanol–water partition coefficient (Wildman–Crippen LogP) is 2.25. The van der Waals surface area contributed by atoms with Crippen LogP contribution in [0.1, 0.15) is 11.1 Å². The summed E-state index contributed by atoms with van der Waals surface area (Å²) in [7, 11) is -3.47. The average Bonchev–Trinajstić information content (AvgIpc) is 2.65. The molecule has 0 aliphatic carbocycles. The molecule has 2 aromatic rings. The Labute approximate surface area is 160 Å². The molecule has 7 heteroatoms. The molecule has 144 valence electrons. The highest BCUT2D eigenvalue weighted by molar-refractivity contribution is 7.89. The molecular formula is C20H25N3O3S. The molecule has 0 bridgehead atoms. The summed E-state index contributed by atoms with van der Waals surface area (Å²) in [6, 6.07) is 14.4. The van der Waals surface area contributed by atoms with E-state index in [-0.39, 0.29) is 12.5 Å². The van der Waals surface area contributed by atoms with E-state index in [2.05, 4.69) is 5.32 Å². The predicted molar refractivity (Wildman–Crippen MR) is 106 cm³/mol. The van der Waals surface area contributed by atoms with Gasteiger partial charge >= 0.3 is 0 Å². The normalized spacial score (nSPS) is 16.2. The SMILES string of the molecule is Cc1ccc(NC(=O)CN2CCN(S(=O)(=O)c3ccccc3)CC2)c(C)c1. The molecule has 1 amide bonds. The first kappa shape index (κ1) is 19.5. The van der Waals surface area contributed by atoms with E-state index in [4.69, 9.17) is 0 Å². The molecule has 0 unspecified atom stereocenters. The highest BCUT2D eigenvalue weighted by Gasteiger charge is 2.28. The first-order chi connectivity index (χ1) is 12.9. The second-order valence-corrected chi connectivity index (χ2v) is 8.80. The molecule has 0 saturated carbocycles. The smallest absolute Gasteiger partial charge is 0.243 e. The largest absolute Gasteiger partial charge is 0.325 e. The summed E-state index contributed by atoms with van der Waals surface area (Å²) in [5.74, 6) is -0.0821. The van der Waals surface area contributed by atoms with Crippen LogP contribution in [0.3, 0.4) is 0 Å². The fourth-order valence-electron chi connectivity index (χ4n) is 3.22. The van der Waals surface area contributed by atoms with Gasteiger partial charge < -0.3 is 5.32 Å². The van der Waals surface area contributed by atoms with Crippen LogP contribution in [-0.4, -0.2) is 56.3 Å². The van der Waals surface area contributed by atoms with Gasteiger partial charge in [-0.25, -0.2) is 8.42 Å². The lowest BCUT2D eigenvalue weighted by Crippen LogP contribution is -2.50. The Morgan fingerprint density at radius 3 is 2.30 bits per heavy atom. The van der Waals surface area contributed by atoms with Crippen LogP contribution in [0.2, 0.25) is 0 Å². The molecule has 1 saturated heterocycles. The maximum absolute atomic E-state index is 12.7. The number of nitrogens with zero attached hydrogens (tertiary/aromatic N) is 2. The van der Waals surface area contributed by atoms with Gasteiger partial charge in [-0.15, -0.1) is 0 Å². The van der Waals surface area contributed by atoms with Crippen molar-refractivity contribution in [2.45, 2.75) is 18.7 Å². The van der Waals surface area contributed by atoms with Gasteiger partial charge in [-0.1, -0.05) is 35.9 Å². The maximum Gasteiger partial charge on any atom is 0.243 e. The second kappa shape index (κ2) is 8.21. The van der Waals surface area contributed by atoms with Crippen molar-refractivity contribution in [1.29, 1.82) is 0 Å². The van der Waals surface area contributed by atoms with E-state index in [1.807, 2.05) is 36.9 Å². The average molecular weight is 388 g/mol. The first-order valence-corrected chi connectivity index (χ1v) is 10.4. The lowest BCUT2D eigenvalue weighted by Gasteiger charge is -2.33. The lowest BCUT2D eigenvalue weighted by molar-refractivity contribution is -0.117. The number of carbonyl (C=O) groups excluding carboxylic acids is 1. The van der Waals surface area contributed by atoms with Gasteiger partial charge in [0, 0.05) is 31.9 Å². The van der Waals surface area contributed by atoms with Gasteiger partial charge in [0.15, 0.2) is 0 Å². The van der Waals surface area contributed by atoms with Crippen LogP contribution in [0.25, 0.3) is 0 Å². The lowest BCUT2D eigenvalue weighted by atomic mass is 10.1. The number of sulfonamides is 1. The molecule has 1 heterocycles. The van der Waals surface area contributed by atoms with Crippen LogP contribution in [0.15, 0.2) is 53.4 Å². The maximum atomic E-state index is 12.7. The molecule has 0 aromatic heterocycles. The fourth-order valence-corrected chi connectivity index (χ4v) is 4.66. The minimum absolute atomic E-state index is 0.0821. The summed E-state index contributed by atoms with van der Waals surface area (Å²) in [6.45, 7) is 6.07.